The number of nitrogens with zero attached hydrogens (tertiary/aromatic N) is 1. The first-order valence-corrected chi connectivity index (χ1v) is 9.59. The summed E-state index contributed by atoms with van der Waals surface area (Å²) < 4.78 is 46.7. The van der Waals surface area contributed by atoms with Crippen LogP contribution in [0, 0.1) is 0 Å². The van der Waals surface area contributed by atoms with E-state index in [1.165, 1.54) is 13.2 Å². The Morgan fingerprint density at radius 1 is 1.19 bits per heavy atom. The number of unbranched alkanes of at least 4 members (excludes halogenated alkanes) is 1. The first-order valence-electron chi connectivity index (χ1n) is 8.19. The molecule has 148 valence electrons. The van der Waals surface area contributed by atoms with Crippen LogP contribution in [0.2, 0.25) is 0 Å². The van der Waals surface area contributed by atoms with Crippen molar-refractivity contribution in [3.63, 3.8) is 0 Å². The number of guanidine groups is 1. The summed E-state index contributed by atoms with van der Waals surface area (Å²) in [5.41, 5.74) is 0.839. The molecule has 5 nitrogen and oxygen atoms in total. The zero-order chi connectivity index (χ0) is 19.4. The number of hydrogen-bond donors (Lipinski definition) is 2. The Balaban J connectivity index is 2.53. The van der Waals surface area contributed by atoms with Gasteiger partial charge in [-0.2, -0.15) is 24.9 Å². The normalized spacial score (nSPS) is 12.0. The number of halogens is 3. The number of rotatable bonds is 10. The van der Waals surface area contributed by atoms with Crippen LogP contribution in [0.1, 0.15) is 18.4 Å². The zero-order valence-corrected chi connectivity index (χ0v) is 16.1. The second-order valence-corrected chi connectivity index (χ2v) is 6.43. The van der Waals surface area contributed by atoms with Crippen molar-refractivity contribution < 1.29 is 22.6 Å². The highest BCUT2D eigenvalue weighted by molar-refractivity contribution is 7.98. The highest BCUT2D eigenvalue weighted by Gasteiger charge is 2.29. The summed E-state index contributed by atoms with van der Waals surface area (Å²) >= 11 is 1.82. The van der Waals surface area contributed by atoms with Gasteiger partial charge in [0.2, 0.25) is 0 Å². The number of alkyl halides is 3. The number of hydrogen-bond acceptors (Lipinski definition) is 4. The van der Waals surface area contributed by atoms with Gasteiger partial charge in [0.1, 0.15) is 0 Å². The fourth-order valence-electron chi connectivity index (χ4n) is 2.09. The van der Waals surface area contributed by atoms with Gasteiger partial charge in [-0.3, -0.25) is 4.99 Å². The van der Waals surface area contributed by atoms with Crippen LogP contribution >= 0.6 is 11.8 Å². The van der Waals surface area contributed by atoms with Gasteiger partial charge in [-0.05, 0) is 42.5 Å². The molecule has 0 fully saturated rings. The van der Waals surface area contributed by atoms with Crippen molar-refractivity contribution in [1.29, 1.82) is 0 Å². The standard InChI is InChI=1S/C17H26F3N3O2S/c1-21-16(22-8-4-5-9-26-3)23-11-13-6-7-14(15(10-13)24-2)25-12-17(18,19)20/h6-7,10H,4-5,8-9,11-12H2,1-3H3,(H2,21,22,23). The monoisotopic (exact) mass is 393 g/mol. The smallest absolute Gasteiger partial charge is 0.422 e. The van der Waals surface area contributed by atoms with Crippen LogP contribution in [0.4, 0.5) is 13.2 Å². The lowest BCUT2D eigenvalue weighted by molar-refractivity contribution is -0.153. The summed E-state index contributed by atoms with van der Waals surface area (Å²) in [7, 11) is 3.08. The summed E-state index contributed by atoms with van der Waals surface area (Å²) in [5.74, 6) is 2.12. The minimum absolute atomic E-state index is 0.0601. The summed E-state index contributed by atoms with van der Waals surface area (Å²) in [6, 6.07) is 4.80. The fraction of sp³-hybridized carbons (Fsp3) is 0.588. The molecule has 0 aromatic heterocycles. The molecule has 0 spiro atoms. The van der Waals surface area contributed by atoms with E-state index in [0.717, 1.165) is 30.7 Å². The highest BCUT2D eigenvalue weighted by Crippen LogP contribution is 2.29. The Morgan fingerprint density at radius 3 is 2.58 bits per heavy atom. The van der Waals surface area contributed by atoms with E-state index in [-0.39, 0.29) is 11.5 Å². The summed E-state index contributed by atoms with van der Waals surface area (Å²) in [6.45, 7) is -0.0672. The molecule has 1 aromatic rings. The van der Waals surface area contributed by atoms with Crippen molar-refractivity contribution in [2.45, 2.75) is 25.6 Å². The molecule has 1 aromatic carbocycles. The van der Waals surface area contributed by atoms with E-state index in [9.17, 15) is 13.2 Å². The second-order valence-electron chi connectivity index (χ2n) is 5.44. The molecule has 26 heavy (non-hydrogen) atoms. The van der Waals surface area contributed by atoms with Gasteiger partial charge in [0.15, 0.2) is 24.1 Å². The number of nitrogens with one attached hydrogen (secondary N) is 2. The Hall–Kier alpha value is -1.77. The molecule has 1 rings (SSSR count). The molecule has 0 aliphatic rings. The molecular weight excluding hydrogens is 367 g/mol. The molecule has 0 bridgehead atoms. The largest absolute Gasteiger partial charge is 0.493 e. The third-order valence-electron chi connectivity index (χ3n) is 3.37. The molecular formula is C17H26F3N3O2S. The van der Waals surface area contributed by atoms with Crippen molar-refractivity contribution in [2.75, 3.05) is 39.3 Å². The van der Waals surface area contributed by atoms with Gasteiger partial charge in [-0.15, -0.1) is 0 Å². The van der Waals surface area contributed by atoms with E-state index < -0.39 is 12.8 Å². The van der Waals surface area contributed by atoms with Gasteiger partial charge < -0.3 is 20.1 Å². The van der Waals surface area contributed by atoms with E-state index in [0.29, 0.717) is 12.5 Å². The summed E-state index contributed by atoms with van der Waals surface area (Å²) in [4.78, 5) is 4.15. The van der Waals surface area contributed by atoms with Crippen molar-refractivity contribution in [2.24, 2.45) is 4.99 Å². The minimum Gasteiger partial charge on any atom is -0.493 e. The molecule has 2 N–H and O–H groups in total. The number of ether oxygens (including phenoxy) is 2. The molecule has 0 saturated heterocycles. The van der Waals surface area contributed by atoms with Crippen molar-refractivity contribution in [3.05, 3.63) is 23.8 Å². The summed E-state index contributed by atoms with van der Waals surface area (Å²) in [6.07, 6.45) is -0.108. The first kappa shape index (κ1) is 22.3. The predicted octanol–water partition coefficient (Wildman–Crippen LogP) is 3.44. The van der Waals surface area contributed by atoms with E-state index >= 15 is 0 Å². The quantitative estimate of drug-likeness (QED) is 0.362. The second kappa shape index (κ2) is 11.8. The van der Waals surface area contributed by atoms with Gasteiger partial charge in [-0.1, -0.05) is 6.07 Å². The summed E-state index contributed by atoms with van der Waals surface area (Å²) in [5, 5.41) is 6.39. The van der Waals surface area contributed by atoms with Crippen molar-refractivity contribution in [1.82, 2.24) is 10.6 Å². The van der Waals surface area contributed by atoms with Crippen LogP contribution in [-0.4, -0.2) is 51.5 Å². The first-order chi connectivity index (χ1) is 12.4. The Bertz CT molecular complexity index is 569. The maximum Gasteiger partial charge on any atom is 0.422 e. The van der Waals surface area contributed by atoms with E-state index in [1.807, 2.05) is 11.8 Å². The number of aliphatic imine (C=N–C) groups is 1. The van der Waals surface area contributed by atoms with Crippen LogP contribution in [0.15, 0.2) is 23.2 Å². The zero-order valence-electron chi connectivity index (χ0n) is 15.3. The maximum absolute atomic E-state index is 12.3. The lowest BCUT2D eigenvalue weighted by atomic mass is 10.2. The topological polar surface area (TPSA) is 54.9 Å². The van der Waals surface area contributed by atoms with E-state index in [1.54, 1.807) is 19.2 Å². The fourth-order valence-corrected chi connectivity index (χ4v) is 2.58. The van der Waals surface area contributed by atoms with Gasteiger partial charge in [0, 0.05) is 20.1 Å². The van der Waals surface area contributed by atoms with Crippen LogP contribution in [0.5, 0.6) is 11.5 Å². The molecule has 0 atom stereocenters. The Labute approximate surface area is 156 Å². The molecule has 0 saturated carbocycles. The van der Waals surface area contributed by atoms with Crippen LogP contribution < -0.4 is 20.1 Å². The Kier molecular flexibility index (Phi) is 10.1. The SMILES string of the molecule is CN=C(NCCCCSC)NCc1ccc(OCC(F)(F)F)c(OC)c1. The predicted molar refractivity (Wildman–Crippen MR) is 100 cm³/mol. The number of thioether (sulfide) groups is 1. The molecule has 0 radical (unpaired) electrons. The van der Waals surface area contributed by atoms with Crippen molar-refractivity contribution in [3.8, 4) is 11.5 Å². The molecule has 0 unspecified atom stereocenters. The molecule has 0 aliphatic heterocycles. The average molecular weight is 393 g/mol. The molecule has 9 heteroatoms. The van der Waals surface area contributed by atoms with Gasteiger partial charge in [-0.25, -0.2) is 0 Å². The Morgan fingerprint density at radius 2 is 1.96 bits per heavy atom. The number of methoxy groups -OCH3 is 1. The van der Waals surface area contributed by atoms with Gasteiger partial charge >= 0.3 is 6.18 Å². The molecule has 0 aliphatic carbocycles. The average Bonchev–Trinajstić information content (AvgIpc) is 2.61. The van der Waals surface area contributed by atoms with Gasteiger partial charge in [0.05, 0.1) is 7.11 Å². The van der Waals surface area contributed by atoms with Gasteiger partial charge in [0.25, 0.3) is 0 Å². The third-order valence-corrected chi connectivity index (χ3v) is 4.07. The van der Waals surface area contributed by atoms with E-state index in [4.69, 9.17) is 9.47 Å². The lowest BCUT2D eigenvalue weighted by Crippen LogP contribution is -2.37. The van der Waals surface area contributed by atoms with E-state index in [2.05, 4.69) is 21.9 Å². The minimum atomic E-state index is -4.39. The molecule has 0 heterocycles. The third kappa shape index (κ3) is 9.07. The number of benzene rings is 1. The maximum atomic E-state index is 12.3. The van der Waals surface area contributed by atoms with Crippen LogP contribution in [0.3, 0.4) is 0 Å². The van der Waals surface area contributed by atoms with Crippen LogP contribution in [0.25, 0.3) is 0 Å². The highest BCUT2D eigenvalue weighted by atomic mass is 32.2. The molecule has 0 amide bonds. The lowest BCUT2D eigenvalue weighted by Gasteiger charge is -2.15. The van der Waals surface area contributed by atoms with Crippen LogP contribution in [-0.2, 0) is 6.54 Å². The van der Waals surface area contributed by atoms with Crippen molar-refractivity contribution >= 4 is 17.7 Å².